The molecule has 384 valence electrons. The molecule has 15 atom stereocenters. The lowest BCUT2D eigenvalue weighted by Crippen LogP contribution is -2.68. The minimum atomic E-state index is -0.653. The second kappa shape index (κ2) is 19.3. The summed E-state index contributed by atoms with van der Waals surface area (Å²) >= 11 is 0. The normalized spacial score (nSPS) is 33.1. The summed E-state index contributed by atoms with van der Waals surface area (Å²) in [4.78, 5) is 14.1. The number of hydrogen-bond donors (Lipinski definition) is 3. The number of aromatic nitrogens is 3. The van der Waals surface area contributed by atoms with Crippen molar-refractivity contribution in [1.82, 2.24) is 15.0 Å². The number of nitrogens with zero attached hydrogens (tertiary/aromatic N) is 6. The van der Waals surface area contributed by atoms with Gasteiger partial charge in [-0.1, -0.05) is 72.8 Å². The van der Waals surface area contributed by atoms with Gasteiger partial charge in [-0.25, -0.2) is 0 Å². The predicted molar refractivity (Wildman–Crippen MR) is 298 cm³/mol. The second-order valence-electron chi connectivity index (χ2n) is 24.3. The van der Waals surface area contributed by atoms with Crippen LogP contribution in [0.5, 0.6) is 0 Å². The molecular weight excluding hydrogens is 925 g/mol. The number of pyridine rings is 3. The van der Waals surface area contributed by atoms with Gasteiger partial charge in [-0.3, -0.25) is 15.0 Å². The van der Waals surface area contributed by atoms with Crippen molar-refractivity contribution in [3.8, 4) is 0 Å². The molecule has 3 aromatic heterocycles. The van der Waals surface area contributed by atoms with Crippen LogP contribution in [-0.2, 0) is 19.6 Å². The molecule has 9 saturated heterocycles. The Balaban J connectivity index is 0.929. The van der Waals surface area contributed by atoms with Gasteiger partial charge in [0.05, 0.1) is 55.8 Å². The van der Waals surface area contributed by atoms with Crippen LogP contribution in [0, 0.1) is 35.5 Å². The predicted octanol–water partition coefficient (Wildman–Crippen LogP) is 11.3. The Morgan fingerprint density at radius 1 is 0.440 bits per heavy atom. The summed E-state index contributed by atoms with van der Waals surface area (Å²) in [6, 6.07) is 38.5. The molecule has 0 amide bonds. The largest absolute Gasteiger partial charge is 0.382 e. The van der Waals surface area contributed by atoms with Crippen LogP contribution in [0.15, 0.2) is 166 Å². The SMILES string of the molecule is C=CC1C[N+]2(Cc3cc(C[N+]45CC[C@@H](C[C@@H]4[C@@H](O)c4ccnc6ccccc46)C(C=C)C5)cc(C[N+]45CC[C@@H](C[C@@H]4[C@@H](O)c4ccnc6ccccc46)C(C=C)C5)c3)CC[C@H]1C[C@@H]2[C@@H](O)c1ccnc2ccccc12. The van der Waals surface area contributed by atoms with Gasteiger partial charge in [-0.05, 0) is 89.0 Å². The number of rotatable bonds is 15. The fraction of sp³-hybridized carbons (Fsp3) is 0.409. The Kier molecular flexibility index (Phi) is 12.5. The highest BCUT2D eigenvalue weighted by Crippen LogP contribution is 2.52. The lowest BCUT2D eigenvalue weighted by atomic mass is 9.70. The van der Waals surface area contributed by atoms with Crippen LogP contribution in [0.3, 0.4) is 0 Å². The highest BCUT2D eigenvalue weighted by molar-refractivity contribution is 5.84. The molecule has 9 aliphatic heterocycles. The fourth-order valence-corrected chi connectivity index (χ4v) is 17.1. The second-order valence-corrected chi connectivity index (χ2v) is 24.3. The minimum absolute atomic E-state index is 0.00924. The third-order valence-electron chi connectivity index (χ3n) is 20.7. The van der Waals surface area contributed by atoms with Crippen LogP contribution in [0.4, 0.5) is 0 Å². The third kappa shape index (κ3) is 8.32. The number of para-hydroxylation sites is 3. The molecule has 16 rings (SSSR count). The Morgan fingerprint density at radius 3 is 1.03 bits per heavy atom. The van der Waals surface area contributed by atoms with E-state index >= 15 is 0 Å². The van der Waals surface area contributed by atoms with E-state index in [9.17, 15) is 15.3 Å². The Labute approximate surface area is 443 Å². The van der Waals surface area contributed by atoms with Crippen molar-refractivity contribution in [1.29, 1.82) is 0 Å². The molecular formula is C66H75N6O3+3. The van der Waals surface area contributed by atoms with Crippen LogP contribution < -0.4 is 0 Å². The van der Waals surface area contributed by atoms with Crippen molar-refractivity contribution in [3.63, 3.8) is 0 Å². The molecule has 0 radical (unpaired) electrons. The smallest absolute Gasteiger partial charge is 0.131 e. The van der Waals surface area contributed by atoms with Crippen molar-refractivity contribution in [2.24, 2.45) is 35.5 Å². The first-order valence-corrected chi connectivity index (χ1v) is 28.2. The molecule has 0 saturated carbocycles. The average molecular weight is 1000 g/mol. The molecule has 75 heavy (non-hydrogen) atoms. The van der Waals surface area contributed by atoms with Gasteiger partial charge in [0.2, 0.25) is 0 Å². The first-order valence-electron chi connectivity index (χ1n) is 28.2. The quantitative estimate of drug-likeness (QED) is 0.0699. The standard InChI is InChI=1S/C66H75N6O3/c1-4-46-40-70(28-22-49(46)34-61(70)64(73)55-19-25-67-58-16-10-7-13-52(55)58)37-43-31-44(38-71-29-23-50(47(5-2)41-71)35-62(71)65(74)56-20-26-68-59-17-11-8-14-53(56)59)33-45(32-43)39-72-30-24-51(48(6-3)42-72)36-63(72)66(75)57-21-27-69-60-18-12-9-15-54(57)60/h4-21,25-27,31-33,46-51,61-66,73-75H,1-3,22-24,28-30,34-42H2/q+3/t46?,47?,48?,49-,50-,51-,61+,62+,63+,64-,65-,66-,70?,71?,72?/m0/s1. The lowest BCUT2D eigenvalue weighted by Gasteiger charge is -2.59. The molecule has 6 bridgehead atoms. The number of piperidine rings is 9. The molecule has 12 heterocycles. The van der Waals surface area contributed by atoms with Crippen LogP contribution >= 0.6 is 0 Å². The molecule has 0 spiro atoms. The van der Waals surface area contributed by atoms with E-state index in [1.807, 2.05) is 36.8 Å². The number of aliphatic hydroxyl groups is 3. The number of aliphatic hydroxyl groups excluding tert-OH is 3. The van der Waals surface area contributed by atoms with E-state index in [-0.39, 0.29) is 18.1 Å². The first kappa shape index (κ1) is 48.7. The molecule has 4 aromatic carbocycles. The van der Waals surface area contributed by atoms with E-state index in [1.165, 1.54) is 16.7 Å². The molecule has 7 aromatic rings. The summed E-state index contributed by atoms with van der Waals surface area (Å²) in [7, 11) is 0. The summed E-state index contributed by atoms with van der Waals surface area (Å²) in [6.07, 6.45) is 16.4. The van der Waals surface area contributed by atoms with E-state index in [0.29, 0.717) is 35.5 Å². The topological polar surface area (TPSA) is 99.4 Å². The Morgan fingerprint density at radius 2 is 0.733 bits per heavy atom. The Bertz CT molecular complexity index is 2950. The molecule has 9 heteroatoms. The van der Waals surface area contributed by atoms with Gasteiger partial charge in [-0.2, -0.15) is 0 Å². The van der Waals surface area contributed by atoms with Gasteiger partial charge < -0.3 is 28.8 Å². The number of quaternary nitrogens is 3. The molecule has 0 aliphatic carbocycles. The maximum atomic E-state index is 12.9. The van der Waals surface area contributed by atoms with E-state index in [0.717, 1.165) is 160 Å². The van der Waals surface area contributed by atoms with E-state index < -0.39 is 18.3 Å². The maximum Gasteiger partial charge on any atom is 0.131 e. The van der Waals surface area contributed by atoms with E-state index in [4.69, 9.17) is 15.0 Å². The van der Waals surface area contributed by atoms with Crippen molar-refractivity contribution in [2.75, 3.05) is 39.3 Å². The van der Waals surface area contributed by atoms with Gasteiger partial charge in [0.25, 0.3) is 0 Å². The molecule has 9 aliphatic rings. The maximum absolute atomic E-state index is 12.9. The number of benzene rings is 4. The van der Waals surface area contributed by atoms with Gasteiger partial charge >= 0.3 is 0 Å². The van der Waals surface area contributed by atoms with E-state index in [1.54, 1.807) is 0 Å². The zero-order valence-electron chi connectivity index (χ0n) is 43.5. The van der Waals surface area contributed by atoms with Crippen molar-refractivity contribution in [2.45, 2.75) is 94.6 Å². The van der Waals surface area contributed by atoms with Gasteiger partial charge in [-0.15, -0.1) is 19.7 Å². The van der Waals surface area contributed by atoms with Crippen molar-refractivity contribution >= 4 is 32.7 Å². The van der Waals surface area contributed by atoms with Gasteiger partial charge in [0.1, 0.15) is 56.1 Å². The molecule has 9 fully saturated rings. The van der Waals surface area contributed by atoms with Crippen LogP contribution in [-0.4, -0.2) is 101 Å². The molecule has 3 N–H and O–H groups in total. The number of fused-ring (bicyclic) bond motifs is 12. The summed E-state index contributed by atoms with van der Waals surface area (Å²) in [5, 5.41) is 41.7. The monoisotopic (exact) mass is 1000 g/mol. The fourth-order valence-electron chi connectivity index (χ4n) is 17.1. The minimum Gasteiger partial charge on any atom is -0.382 e. The summed E-state index contributed by atoms with van der Waals surface area (Å²) in [6.45, 7) is 21.5. The van der Waals surface area contributed by atoms with Crippen molar-refractivity contribution < 1.29 is 28.8 Å². The lowest BCUT2D eigenvalue weighted by molar-refractivity contribution is -0.986. The summed E-state index contributed by atoms with van der Waals surface area (Å²) in [5.74, 6) is 2.61. The third-order valence-corrected chi connectivity index (χ3v) is 20.7. The van der Waals surface area contributed by atoms with Crippen LogP contribution in [0.25, 0.3) is 32.7 Å². The highest BCUT2D eigenvalue weighted by Gasteiger charge is 2.57. The summed E-state index contributed by atoms with van der Waals surface area (Å²) in [5.41, 5.74) is 9.61. The average Bonchev–Trinajstić information content (AvgIpc) is 3.49. The summed E-state index contributed by atoms with van der Waals surface area (Å²) < 4.78 is 2.42. The zero-order valence-corrected chi connectivity index (χ0v) is 43.5. The molecule has 6 unspecified atom stereocenters. The van der Waals surface area contributed by atoms with Crippen LogP contribution in [0.2, 0.25) is 0 Å². The van der Waals surface area contributed by atoms with E-state index in [2.05, 4.69) is 129 Å². The van der Waals surface area contributed by atoms with Gasteiger partial charge in [0, 0.05) is 108 Å². The number of hydrogen-bond acceptors (Lipinski definition) is 6. The van der Waals surface area contributed by atoms with Crippen molar-refractivity contribution in [3.05, 3.63) is 199 Å². The highest BCUT2D eigenvalue weighted by atomic mass is 16.3. The Hall–Kier alpha value is -5.91. The van der Waals surface area contributed by atoms with Crippen LogP contribution in [0.1, 0.15) is 90.2 Å². The molecule has 9 nitrogen and oxygen atoms in total. The zero-order chi connectivity index (χ0) is 51.1. The van der Waals surface area contributed by atoms with Gasteiger partial charge in [0.15, 0.2) is 0 Å². The first-order chi connectivity index (χ1) is 36.6.